The van der Waals surface area contributed by atoms with Crippen LogP contribution in [0.2, 0.25) is 0 Å². The zero-order chi connectivity index (χ0) is 12.3. The maximum Gasteiger partial charge on any atom is 0.311 e. The number of pyridine rings is 1. The maximum absolute atomic E-state index is 11.4. The Morgan fingerprint density at radius 2 is 2.18 bits per heavy atom. The van der Waals surface area contributed by atoms with E-state index in [0.717, 1.165) is 15.4 Å². The van der Waals surface area contributed by atoms with E-state index in [4.69, 9.17) is 4.74 Å². The highest BCUT2D eigenvalue weighted by Crippen LogP contribution is 2.23. The molecule has 0 atom stereocenters. The SMILES string of the molecule is CCOC(=O)Cc1cc(Br)c2ccccc2n1. The van der Waals surface area contributed by atoms with Crippen LogP contribution in [0, 0.1) is 0 Å². The van der Waals surface area contributed by atoms with Gasteiger partial charge in [0.15, 0.2) is 0 Å². The summed E-state index contributed by atoms with van der Waals surface area (Å²) < 4.78 is 5.85. The number of benzene rings is 1. The molecule has 1 aromatic heterocycles. The standard InChI is InChI=1S/C13H12BrNO2/c1-2-17-13(16)8-9-7-11(14)10-5-3-4-6-12(10)15-9/h3-7H,2,8H2,1H3. The fourth-order valence-corrected chi connectivity index (χ4v) is 2.23. The van der Waals surface area contributed by atoms with Gasteiger partial charge in [-0.15, -0.1) is 0 Å². The number of nitrogens with zero attached hydrogens (tertiary/aromatic N) is 1. The molecule has 0 amide bonds. The molecule has 0 unspecified atom stereocenters. The predicted octanol–water partition coefficient (Wildman–Crippen LogP) is 3.10. The number of hydrogen-bond donors (Lipinski definition) is 0. The molecule has 0 aliphatic rings. The van der Waals surface area contributed by atoms with Gasteiger partial charge in [-0.05, 0) is 19.1 Å². The normalized spacial score (nSPS) is 10.5. The Balaban J connectivity index is 2.33. The second-order valence-corrected chi connectivity index (χ2v) is 4.45. The lowest BCUT2D eigenvalue weighted by Crippen LogP contribution is -2.08. The lowest BCUT2D eigenvalue weighted by molar-refractivity contribution is -0.142. The summed E-state index contributed by atoms with van der Waals surface area (Å²) >= 11 is 3.48. The van der Waals surface area contributed by atoms with E-state index < -0.39 is 0 Å². The van der Waals surface area contributed by atoms with E-state index in [1.54, 1.807) is 6.92 Å². The van der Waals surface area contributed by atoms with Crippen LogP contribution in [0.15, 0.2) is 34.8 Å². The summed E-state index contributed by atoms with van der Waals surface area (Å²) in [7, 11) is 0. The molecule has 88 valence electrons. The lowest BCUT2D eigenvalue weighted by atomic mass is 10.2. The first kappa shape index (κ1) is 12.0. The number of ether oxygens (including phenoxy) is 1. The highest BCUT2D eigenvalue weighted by atomic mass is 79.9. The van der Waals surface area contributed by atoms with Crippen molar-refractivity contribution in [1.29, 1.82) is 0 Å². The van der Waals surface area contributed by atoms with Crippen LogP contribution in [0.3, 0.4) is 0 Å². The van der Waals surface area contributed by atoms with E-state index in [9.17, 15) is 4.79 Å². The van der Waals surface area contributed by atoms with Crippen LogP contribution < -0.4 is 0 Å². The first-order chi connectivity index (χ1) is 8.20. The van der Waals surface area contributed by atoms with Gasteiger partial charge in [0.1, 0.15) is 0 Å². The van der Waals surface area contributed by atoms with Crippen LogP contribution in [0.25, 0.3) is 10.9 Å². The summed E-state index contributed by atoms with van der Waals surface area (Å²) in [6, 6.07) is 9.66. The number of esters is 1. The summed E-state index contributed by atoms with van der Waals surface area (Å²) in [5.74, 6) is -0.248. The average molecular weight is 294 g/mol. The van der Waals surface area contributed by atoms with Gasteiger partial charge in [-0.3, -0.25) is 9.78 Å². The largest absolute Gasteiger partial charge is 0.466 e. The highest BCUT2D eigenvalue weighted by molar-refractivity contribution is 9.10. The fourth-order valence-electron chi connectivity index (χ4n) is 1.63. The molecule has 0 bridgehead atoms. The van der Waals surface area contributed by atoms with Gasteiger partial charge in [-0.1, -0.05) is 34.1 Å². The summed E-state index contributed by atoms with van der Waals surface area (Å²) in [5.41, 5.74) is 1.59. The van der Waals surface area contributed by atoms with E-state index >= 15 is 0 Å². The molecule has 2 rings (SSSR count). The Morgan fingerprint density at radius 3 is 2.94 bits per heavy atom. The minimum absolute atomic E-state index is 0.206. The van der Waals surface area contributed by atoms with Crippen molar-refractivity contribution in [1.82, 2.24) is 4.98 Å². The van der Waals surface area contributed by atoms with Gasteiger partial charge in [0, 0.05) is 9.86 Å². The van der Waals surface area contributed by atoms with Gasteiger partial charge in [0.2, 0.25) is 0 Å². The van der Waals surface area contributed by atoms with Crippen molar-refractivity contribution in [3.05, 3.63) is 40.5 Å². The molecule has 0 saturated carbocycles. The number of para-hydroxylation sites is 1. The van der Waals surface area contributed by atoms with E-state index in [0.29, 0.717) is 12.3 Å². The summed E-state index contributed by atoms with van der Waals surface area (Å²) in [6.07, 6.45) is 0.206. The Labute approximate surface area is 108 Å². The van der Waals surface area contributed by atoms with Gasteiger partial charge in [0.05, 0.1) is 24.2 Å². The van der Waals surface area contributed by atoms with Gasteiger partial charge in [0.25, 0.3) is 0 Å². The third kappa shape index (κ3) is 2.82. The molecule has 0 saturated heterocycles. The number of carbonyl (C=O) groups excluding carboxylic acids is 1. The van der Waals surface area contributed by atoms with Gasteiger partial charge in [-0.25, -0.2) is 0 Å². The number of carbonyl (C=O) groups is 1. The van der Waals surface area contributed by atoms with Crippen LogP contribution in [0.1, 0.15) is 12.6 Å². The smallest absolute Gasteiger partial charge is 0.311 e. The highest BCUT2D eigenvalue weighted by Gasteiger charge is 2.08. The van der Waals surface area contributed by atoms with E-state index in [-0.39, 0.29) is 12.4 Å². The first-order valence-corrected chi connectivity index (χ1v) is 6.20. The number of halogens is 1. The number of fused-ring (bicyclic) bond motifs is 1. The lowest BCUT2D eigenvalue weighted by Gasteiger charge is -2.05. The number of aromatic nitrogens is 1. The van der Waals surface area contributed by atoms with Crippen LogP contribution >= 0.6 is 15.9 Å². The second-order valence-electron chi connectivity index (χ2n) is 3.59. The minimum atomic E-state index is -0.248. The van der Waals surface area contributed by atoms with Crippen molar-refractivity contribution in [3.8, 4) is 0 Å². The summed E-state index contributed by atoms with van der Waals surface area (Å²) in [6.45, 7) is 2.19. The average Bonchev–Trinajstić information content (AvgIpc) is 2.29. The summed E-state index contributed by atoms with van der Waals surface area (Å²) in [4.78, 5) is 15.8. The molecule has 0 radical (unpaired) electrons. The molecule has 1 heterocycles. The van der Waals surface area contributed by atoms with Crippen molar-refractivity contribution in [3.63, 3.8) is 0 Å². The molecule has 1 aromatic carbocycles. The van der Waals surface area contributed by atoms with Gasteiger partial charge < -0.3 is 4.74 Å². The third-order valence-corrected chi connectivity index (χ3v) is 3.01. The van der Waals surface area contributed by atoms with Crippen LogP contribution in [-0.4, -0.2) is 17.6 Å². The Hall–Kier alpha value is -1.42. The van der Waals surface area contributed by atoms with E-state index in [1.807, 2.05) is 30.3 Å². The molecule has 0 aliphatic carbocycles. The zero-order valence-corrected chi connectivity index (χ0v) is 11.0. The van der Waals surface area contributed by atoms with Crippen molar-refractivity contribution in [2.24, 2.45) is 0 Å². The molecule has 0 spiro atoms. The first-order valence-electron chi connectivity index (χ1n) is 5.40. The van der Waals surface area contributed by atoms with Gasteiger partial charge in [-0.2, -0.15) is 0 Å². The third-order valence-electron chi connectivity index (χ3n) is 2.35. The van der Waals surface area contributed by atoms with E-state index in [1.165, 1.54) is 0 Å². The van der Waals surface area contributed by atoms with Crippen molar-refractivity contribution < 1.29 is 9.53 Å². The maximum atomic E-state index is 11.4. The molecule has 4 heteroatoms. The molecule has 17 heavy (non-hydrogen) atoms. The van der Waals surface area contributed by atoms with Crippen LogP contribution in [0.4, 0.5) is 0 Å². The van der Waals surface area contributed by atoms with Gasteiger partial charge >= 0.3 is 5.97 Å². The minimum Gasteiger partial charge on any atom is -0.466 e. The monoisotopic (exact) mass is 293 g/mol. The second kappa shape index (κ2) is 5.27. The Morgan fingerprint density at radius 1 is 1.41 bits per heavy atom. The quantitative estimate of drug-likeness (QED) is 0.817. The summed E-state index contributed by atoms with van der Waals surface area (Å²) in [5, 5.41) is 1.04. The van der Waals surface area contributed by atoms with E-state index in [2.05, 4.69) is 20.9 Å². The topological polar surface area (TPSA) is 39.2 Å². The predicted molar refractivity (Wildman–Crippen MR) is 69.8 cm³/mol. The number of hydrogen-bond acceptors (Lipinski definition) is 3. The zero-order valence-electron chi connectivity index (χ0n) is 9.44. The Bertz CT molecular complexity index is 554. The van der Waals surface area contributed by atoms with Crippen molar-refractivity contribution in [2.45, 2.75) is 13.3 Å². The van der Waals surface area contributed by atoms with Crippen LogP contribution in [-0.2, 0) is 16.0 Å². The van der Waals surface area contributed by atoms with Crippen molar-refractivity contribution >= 4 is 32.8 Å². The van der Waals surface area contributed by atoms with Crippen molar-refractivity contribution in [2.75, 3.05) is 6.61 Å². The molecule has 2 aromatic rings. The molecule has 0 N–H and O–H groups in total. The Kier molecular flexibility index (Phi) is 3.74. The fraction of sp³-hybridized carbons (Fsp3) is 0.231. The number of rotatable bonds is 3. The van der Waals surface area contributed by atoms with Crippen LogP contribution in [0.5, 0.6) is 0 Å². The molecular weight excluding hydrogens is 282 g/mol. The molecule has 0 fully saturated rings. The molecule has 0 aliphatic heterocycles. The molecular formula is C13H12BrNO2. The molecule has 3 nitrogen and oxygen atoms in total.